The summed E-state index contributed by atoms with van der Waals surface area (Å²) < 4.78 is 0. The molecule has 3 aromatic rings. The molecule has 0 spiro atoms. The molecule has 0 radical (unpaired) electrons. The Bertz CT molecular complexity index is 821. The molecule has 26 heavy (non-hydrogen) atoms. The van der Waals surface area contributed by atoms with Crippen LogP contribution in [0.25, 0.3) is 0 Å². The van der Waals surface area contributed by atoms with Crippen LogP contribution in [0.15, 0.2) is 79.1 Å². The van der Waals surface area contributed by atoms with Crippen LogP contribution in [0.5, 0.6) is 0 Å². The zero-order chi connectivity index (χ0) is 18.2. The highest BCUT2D eigenvalue weighted by molar-refractivity contribution is 5.86. The van der Waals surface area contributed by atoms with E-state index in [4.69, 9.17) is 5.21 Å². The molecule has 1 unspecified atom stereocenters. The molecule has 2 aromatic carbocycles. The third-order valence-corrected chi connectivity index (χ3v) is 4.21. The fourth-order valence-corrected chi connectivity index (χ4v) is 2.90. The van der Waals surface area contributed by atoms with Crippen molar-refractivity contribution in [2.24, 2.45) is 0 Å². The summed E-state index contributed by atoms with van der Waals surface area (Å²) in [5, 5.41) is 12.5. The third kappa shape index (κ3) is 4.46. The maximum Gasteiger partial charge on any atom is 0.255 e. The van der Waals surface area contributed by atoms with Crippen LogP contribution in [0.1, 0.15) is 22.6 Å². The summed E-state index contributed by atoms with van der Waals surface area (Å²) in [5.41, 5.74) is 5.58. The van der Waals surface area contributed by atoms with E-state index in [1.165, 1.54) is 5.56 Å². The number of nitrogens with zero attached hydrogens (tertiary/aromatic N) is 1. The average Bonchev–Trinajstić information content (AvgIpc) is 2.71. The number of hydroxylamine groups is 1. The minimum atomic E-state index is -0.550. The van der Waals surface area contributed by atoms with E-state index >= 15 is 0 Å². The molecule has 0 aliphatic rings. The van der Waals surface area contributed by atoms with Crippen molar-refractivity contribution >= 4 is 11.6 Å². The number of nitrogens with one attached hydrogen (secondary N) is 2. The summed E-state index contributed by atoms with van der Waals surface area (Å²) in [6.45, 7) is 0.796. The van der Waals surface area contributed by atoms with Crippen LogP contribution < -0.4 is 10.8 Å². The van der Waals surface area contributed by atoms with Gasteiger partial charge in [0.15, 0.2) is 0 Å². The number of anilines is 1. The van der Waals surface area contributed by atoms with Gasteiger partial charge in [-0.05, 0) is 41.3 Å². The molecule has 0 saturated heterocycles. The van der Waals surface area contributed by atoms with Crippen molar-refractivity contribution < 1.29 is 10.0 Å². The minimum absolute atomic E-state index is 0.450. The van der Waals surface area contributed by atoms with Crippen molar-refractivity contribution in [3.63, 3.8) is 0 Å². The van der Waals surface area contributed by atoms with Crippen molar-refractivity contribution in [3.8, 4) is 0 Å². The lowest BCUT2D eigenvalue weighted by Crippen LogP contribution is -2.27. The van der Waals surface area contributed by atoms with Gasteiger partial charge >= 0.3 is 0 Å². The molecule has 1 atom stereocenters. The standard InChI is InChI=1S/C21H21N3O2/c25-21(24-26)20(17-6-2-1-3-7-17)18-8-10-19(11-9-18)23-14-12-16-5-4-13-22-15-16/h1-11,13,15,20,23,26H,12,14H2,(H,24,25). The Hall–Kier alpha value is -3.18. The first-order valence-electron chi connectivity index (χ1n) is 8.49. The fraction of sp³-hybridized carbons (Fsp3) is 0.143. The maximum absolute atomic E-state index is 12.1. The van der Waals surface area contributed by atoms with Crippen LogP contribution in [0.2, 0.25) is 0 Å². The van der Waals surface area contributed by atoms with Gasteiger partial charge in [-0.3, -0.25) is 15.0 Å². The van der Waals surface area contributed by atoms with Crippen LogP contribution in [-0.2, 0) is 11.2 Å². The first-order valence-corrected chi connectivity index (χ1v) is 8.49. The van der Waals surface area contributed by atoms with E-state index in [-0.39, 0.29) is 0 Å². The molecule has 3 rings (SSSR count). The number of hydrogen-bond acceptors (Lipinski definition) is 4. The molecule has 0 fully saturated rings. The summed E-state index contributed by atoms with van der Waals surface area (Å²) >= 11 is 0. The van der Waals surface area contributed by atoms with E-state index in [1.54, 1.807) is 11.7 Å². The van der Waals surface area contributed by atoms with E-state index in [0.717, 1.165) is 29.8 Å². The lowest BCUT2D eigenvalue weighted by Gasteiger charge is -2.16. The number of hydrogen-bond donors (Lipinski definition) is 3. The van der Waals surface area contributed by atoms with Crippen LogP contribution in [0.3, 0.4) is 0 Å². The maximum atomic E-state index is 12.1. The van der Waals surface area contributed by atoms with Gasteiger partial charge in [-0.2, -0.15) is 0 Å². The summed E-state index contributed by atoms with van der Waals surface area (Å²) in [4.78, 5) is 16.3. The van der Waals surface area contributed by atoms with Crippen molar-refractivity contribution in [1.82, 2.24) is 10.5 Å². The third-order valence-electron chi connectivity index (χ3n) is 4.21. The Morgan fingerprint density at radius 2 is 1.69 bits per heavy atom. The van der Waals surface area contributed by atoms with Gasteiger partial charge in [0.05, 0.1) is 5.92 Å². The van der Waals surface area contributed by atoms with Crippen LogP contribution in [-0.4, -0.2) is 22.6 Å². The largest absolute Gasteiger partial charge is 0.385 e. The Kier molecular flexibility index (Phi) is 5.96. The molecular weight excluding hydrogens is 326 g/mol. The van der Waals surface area contributed by atoms with Crippen molar-refractivity contribution in [2.75, 3.05) is 11.9 Å². The van der Waals surface area contributed by atoms with Gasteiger partial charge in [-0.15, -0.1) is 0 Å². The Balaban J connectivity index is 1.68. The smallest absolute Gasteiger partial charge is 0.255 e. The minimum Gasteiger partial charge on any atom is -0.385 e. The summed E-state index contributed by atoms with van der Waals surface area (Å²) in [7, 11) is 0. The van der Waals surface area contributed by atoms with Gasteiger partial charge in [-0.25, -0.2) is 5.48 Å². The number of rotatable bonds is 7. The number of pyridine rings is 1. The normalized spacial score (nSPS) is 11.6. The Morgan fingerprint density at radius 3 is 2.35 bits per heavy atom. The van der Waals surface area contributed by atoms with E-state index in [1.807, 2.05) is 66.9 Å². The lowest BCUT2D eigenvalue weighted by molar-refractivity contribution is -0.129. The second kappa shape index (κ2) is 8.78. The van der Waals surface area contributed by atoms with Crippen LogP contribution in [0.4, 0.5) is 5.69 Å². The molecule has 5 nitrogen and oxygen atoms in total. The van der Waals surface area contributed by atoms with Gasteiger partial charge in [0.2, 0.25) is 0 Å². The average molecular weight is 347 g/mol. The van der Waals surface area contributed by atoms with Crippen molar-refractivity contribution in [3.05, 3.63) is 95.8 Å². The molecule has 0 aliphatic heterocycles. The highest BCUT2D eigenvalue weighted by Gasteiger charge is 2.22. The number of amides is 1. The predicted octanol–water partition coefficient (Wildman–Crippen LogP) is 3.37. The second-order valence-electron chi connectivity index (χ2n) is 5.98. The van der Waals surface area contributed by atoms with E-state index < -0.39 is 11.8 Å². The second-order valence-corrected chi connectivity index (χ2v) is 5.98. The monoisotopic (exact) mass is 347 g/mol. The van der Waals surface area contributed by atoms with Crippen molar-refractivity contribution in [2.45, 2.75) is 12.3 Å². The number of aromatic nitrogens is 1. The molecule has 132 valence electrons. The molecule has 1 heterocycles. The van der Waals surface area contributed by atoms with Gasteiger partial charge in [0.25, 0.3) is 5.91 Å². The molecule has 0 aliphatic carbocycles. The zero-order valence-corrected chi connectivity index (χ0v) is 14.3. The molecule has 3 N–H and O–H groups in total. The van der Waals surface area contributed by atoms with E-state index in [9.17, 15) is 4.79 Å². The molecule has 1 aromatic heterocycles. The van der Waals surface area contributed by atoms with Crippen LogP contribution in [0, 0.1) is 0 Å². The molecular formula is C21H21N3O2. The Labute approximate surface area is 152 Å². The fourth-order valence-electron chi connectivity index (χ4n) is 2.90. The Morgan fingerprint density at radius 1 is 0.962 bits per heavy atom. The summed E-state index contributed by atoms with van der Waals surface area (Å²) in [6.07, 6.45) is 4.51. The first kappa shape index (κ1) is 17.6. The molecule has 5 heteroatoms. The van der Waals surface area contributed by atoms with Crippen LogP contribution >= 0.6 is 0 Å². The summed E-state index contributed by atoms with van der Waals surface area (Å²) in [6, 6.07) is 21.1. The quantitative estimate of drug-likeness (QED) is 0.452. The van der Waals surface area contributed by atoms with Gasteiger partial charge < -0.3 is 5.32 Å². The molecule has 0 bridgehead atoms. The van der Waals surface area contributed by atoms with Gasteiger partial charge in [0, 0.05) is 24.6 Å². The highest BCUT2D eigenvalue weighted by Crippen LogP contribution is 2.26. The molecule has 1 amide bonds. The predicted molar refractivity (Wildman–Crippen MR) is 101 cm³/mol. The van der Waals surface area contributed by atoms with E-state index in [0.29, 0.717) is 0 Å². The highest BCUT2D eigenvalue weighted by atomic mass is 16.5. The zero-order valence-electron chi connectivity index (χ0n) is 14.3. The van der Waals surface area contributed by atoms with Gasteiger partial charge in [-0.1, -0.05) is 48.5 Å². The number of carbonyl (C=O) groups excluding carboxylic acids is 1. The van der Waals surface area contributed by atoms with Gasteiger partial charge in [0.1, 0.15) is 0 Å². The summed E-state index contributed by atoms with van der Waals surface area (Å²) in [5.74, 6) is -1.00. The number of benzene rings is 2. The topological polar surface area (TPSA) is 74.2 Å². The number of carbonyl (C=O) groups is 1. The lowest BCUT2D eigenvalue weighted by atomic mass is 9.90. The molecule has 0 saturated carbocycles. The van der Waals surface area contributed by atoms with Crippen molar-refractivity contribution in [1.29, 1.82) is 0 Å². The van der Waals surface area contributed by atoms with E-state index in [2.05, 4.69) is 16.4 Å². The SMILES string of the molecule is O=C(NO)C(c1ccccc1)c1ccc(NCCc2cccnc2)cc1. The first-order chi connectivity index (χ1) is 12.8.